The number of unbranched alkanes of at least 4 members (excludes halogenated alkanes) is 2. The SMILES string of the molecule is CCCCCn1nc(C(=O)NCc2ccc(OC)nc2)c2ccccc2c1=O. The number of methoxy groups -OCH3 is 1. The molecule has 0 saturated carbocycles. The minimum atomic E-state index is -0.323. The van der Waals surface area contributed by atoms with E-state index in [1.54, 1.807) is 43.6 Å². The lowest BCUT2D eigenvalue weighted by atomic mass is 10.1. The molecule has 0 saturated heterocycles. The summed E-state index contributed by atoms with van der Waals surface area (Å²) in [7, 11) is 1.55. The Balaban J connectivity index is 1.86. The molecule has 28 heavy (non-hydrogen) atoms. The highest BCUT2D eigenvalue weighted by molar-refractivity contribution is 6.04. The Kier molecular flexibility index (Phi) is 6.37. The van der Waals surface area contributed by atoms with Crippen LogP contribution in [0.2, 0.25) is 0 Å². The lowest BCUT2D eigenvalue weighted by molar-refractivity contribution is 0.0945. The van der Waals surface area contributed by atoms with E-state index >= 15 is 0 Å². The highest BCUT2D eigenvalue weighted by Gasteiger charge is 2.16. The molecule has 3 rings (SSSR count). The lowest BCUT2D eigenvalue weighted by Gasteiger charge is -2.11. The molecule has 2 aromatic heterocycles. The third kappa shape index (κ3) is 4.36. The third-order valence-corrected chi connectivity index (χ3v) is 4.52. The van der Waals surface area contributed by atoms with E-state index in [1.165, 1.54) is 4.68 Å². The van der Waals surface area contributed by atoms with Crippen molar-refractivity contribution in [1.29, 1.82) is 0 Å². The Bertz CT molecular complexity index is 1010. The third-order valence-electron chi connectivity index (χ3n) is 4.52. The van der Waals surface area contributed by atoms with E-state index in [4.69, 9.17) is 4.74 Å². The molecule has 0 aliphatic carbocycles. The molecule has 7 heteroatoms. The number of nitrogens with one attached hydrogen (secondary N) is 1. The van der Waals surface area contributed by atoms with Crippen LogP contribution in [0.5, 0.6) is 5.88 Å². The number of fused-ring (bicyclic) bond motifs is 1. The van der Waals surface area contributed by atoms with Gasteiger partial charge in [-0.2, -0.15) is 5.10 Å². The van der Waals surface area contributed by atoms with Crippen molar-refractivity contribution >= 4 is 16.7 Å². The summed E-state index contributed by atoms with van der Waals surface area (Å²) >= 11 is 0. The van der Waals surface area contributed by atoms with Gasteiger partial charge in [-0.15, -0.1) is 0 Å². The molecule has 0 spiro atoms. The van der Waals surface area contributed by atoms with Gasteiger partial charge in [0.25, 0.3) is 11.5 Å². The van der Waals surface area contributed by atoms with Gasteiger partial charge in [-0.3, -0.25) is 9.59 Å². The molecule has 0 aliphatic heterocycles. The molecule has 2 heterocycles. The first-order chi connectivity index (χ1) is 13.6. The molecule has 0 radical (unpaired) electrons. The van der Waals surface area contributed by atoms with E-state index in [0.29, 0.717) is 29.7 Å². The second kappa shape index (κ2) is 9.12. The van der Waals surface area contributed by atoms with Crippen molar-refractivity contribution in [1.82, 2.24) is 20.1 Å². The van der Waals surface area contributed by atoms with Crippen molar-refractivity contribution in [2.24, 2.45) is 0 Å². The number of hydrogen-bond donors (Lipinski definition) is 1. The molecule has 0 fully saturated rings. The first kappa shape index (κ1) is 19.5. The first-order valence-corrected chi connectivity index (χ1v) is 9.41. The fourth-order valence-electron chi connectivity index (χ4n) is 2.97. The summed E-state index contributed by atoms with van der Waals surface area (Å²) in [6, 6.07) is 10.7. The maximum absolute atomic E-state index is 12.8. The van der Waals surface area contributed by atoms with Crippen molar-refractivity contribution in [3.05, 3.63) is 64.2 Å². The fraction of sp³-hybridized carbons (Fsp3) is 0.333. The summed E-state index contributed by atoms with van der Waals surface area (Å²) in [6.45, 7) is 2.91. The number of amides is 1. The van der Waals surface area contributed by atoms with E-state index < -0.39 is 0 Å². The maximum atomic E-state index is 12.8. The zero-order chi connectivity index (χ0) is 19.9. The smallest absolute Gasteiger partial charge is 0.274 e. The average Bonchev–Trinajstić information content (AvgIpc) is 2.74. The predicted molar refractivity (Wildman–Crippen MR) is 107 cm³/mol. The number of ether oxygens (including phenoxy) is 1. The van der Waals surface area contributed by atoms with Crippen LogP contribution < -0.4 is 15.6 Å². The van der Waals surface area contributed by atoms with E-state index in [-0.39, 0.29) is 17.2 Å². The van der Waals surface area contributed by atoms with Crippen LogP contribution in [0.15, 0.2) is 47.4 Å². The summed E-state index contributed by atoms with van der Waals surface area (Å²) in [5.41, 5.74) is 0.936. The van der Waals surface area contributed by atoms with Gasteiger partial charge in [-0.25, -0.2) is 9.67 Å². The van der Waals surface area contributed by atoms with Crippen LogP contribution in [0.25, 0.3) is 10.8 Å². The topological polar surface area (TPSA) is 86.1 Å². The number of rotatable bonds is 8. The minimum absolute atomic E-state index is 0.164. The maximum Gasteiger partial charge on any atom is 0.274 e. The second-order valence-electron chi connectivity index (χ2n) is 6.52. The highest BCUT2D eigenvalue weighted by Crippen LogP contribution is 2.14. The Morgan fingerprint density at radius 1 is 1.14 bits per heavy atom. The molecular formula is C21H24N4O3. The molecule has 7 nitrogen and oxygen atoms in total. The van der Waals surface area contributed by atoms with Gasteiger partial charge >= 0.3 is 0 Å². The fourth-order valence-corrected chi connectivity index (χ4v) is 2.97. The minimum Gasteiger partial charge on any atom is -0.481 e. The zero-order valence-electron chi connectivity index (χ0n) is 16.1. The van der Waals surface area contributed by atoms with E-state index in [0.717, 1.165) is 24.8 Å². The highest BCUT2D eigenvalue weighted by atomic mass is 16.5. The number of hydrogen-bond acceptors (Lipinski definition) is 5. The molecule has 0 aliphatic rings. The number of aryl methyl sites for hydroxylation is 1. The van der Waals surface area contributed by atoms with Gasteiger partial charge in [0.05, 0.1) is 12.5 Å². The van der Waals surface area contributed by atoms with Crippen molar-refractivity contribution in [2.45, 2.75) is 39.3 Å². The van der Waals surface area contributed by atoms with E-state index in [2.05, 4.69) is 22.3 Å². The molecule has 1 amide bonds. The zero-order valence-corrected chi connectivity index (χ0v) is 16.1. The Labute approximate surface area is 163 Å². The number of nitrogens with zero attached hydrogens (tertiary/aromatic N) is 3. The standard InChI is InChI=1S/C21H24N4O3/c1-3-4-7-12-25-21(27)17-9-6-5-8-16(17)19(24-25)20(26)23-14-15-10-11-18(28-2)22-13-15/h5-6,8-11,13H,3-4,7,12,14H2,1-2H3,(H,23,26). The molecule has 1 aromatic carbocycles. The normalized spacial score (nSPS) is 10.8. The Hall–Kier alpha value is -3.22. The van der Waals surface area contributed by atoms with Gasteiger partial charge in [-0.05, 0) is 18.1 Å². The van der Waals surface area contributed by atoms with Crippen molar-refractivity contribution in [2.75, 3.05) is 7.11 Å². The summed E-state index contributed by atoms with van der Waals surface area (Å²) in [6.07, 6.45) is 4.55. The molecular weight excluding hydrogens is 356 g/mol. The Morgan fingerprint density at radius 2 is 1.93 bits per heavy atom. The number of benzene rings is 1. The first-order valence-electron chi connectivity index (χ1n) is 9.41. The Morgan fingerprint density at radius 3 is 2.61 bits per heavy atom. The van der Waals surface area contributed by atoms with E-state index in [9.17, 15) is 9.59 Å². The van der Waals surface area contributed by atoms with Crippen LogP contribution in [0.4, 0.5) is 0 Å². The molecule has 0 atom stereocenters. The van der Waals surface area contributed by atoms with Crippen molar-refractivity contribution in [3.8, 4) is 5.88 Å². The monoisotopic (exact) mass is 380 g/mol. The quantitative estimate of drug-likeness (QED) is 0.607. The van der Waals surface area contributed by atoms with Gasteiger partial charge in [0.15, 0.2) is 5.69 Å². The number of carbonyl (C=O) groups excluding carboxylic acids is 1. The molecule has 0 unspecified atom stereocenters. The lowest BCUT2D eigenvalue weighted by Crippen LogP contribution is -2.30. The molecule has 0 bridgehead atoms. The van der Waals surface area contributed by atoms with Crippen molar-refractivity contribution in [3.63, 3.8) is 0 Å². The van der Waals surface area contributed by atoms with Crippen LogP contribution in [-0.4, -0.2) is 27.8 Å². The van der Waals surface area contributed by atoms with Crippen molar-refractivity contribution < 1.29 is 9.53 Å². The predicted octanol–water partition coefficient (Wildman–Crippen LogP) is 2.92. The molecule has 146 valence electrons. The number of pyridine rings is 1. The van der Waals surface area contributed by atoms with Gasteiger partial charge in [0, 0.05) is 30.7 Å². The summed E-state index contributed by atoms with van der Waals surface area (Å²) in [5.74, 6) is 0.193. The summed E-state index contributed by atoms with van der Waals surface area (Å²) < 4.78 is 6.44. The van der Waals surface area contributed by atoms with E-state index in [1.807, 2.05) is 6.07 Å². The largest absolute Gasteiger partial charge is 0.481 e. The second-order valence-corrected chi connectivity index (χ2v) is 6.52. The van der Waals surface area contributed by atoms with Crippen LogP contribution in [0, 0.1) is 0 Å². The van der Waals surface area contributed by atoms with Gasteiger partial charge in [-0.1, -0.05) is 44.0 Å². The van der Waals surface area contributed by atoms with Gasteiger partial charge in [0.2, 0.25) is 5.88 Å². The van der Waals surface area contributed by atoms with Crippen LogP contribution in [0.3, 0.4) is 0 Å². The molecule has 3 aromatic rings. The van der Waals surface area contributed by atoms with Gasteiger partial charge in [0.1, 0.15) is 0 Å². The molecule has 1 N–H and O–H groups in total. The summed E-state index contributed by atoms with van der Waals surface area (Å²) in [5, 5.41) is 8.29. The van der Waals surface area contributed by atoms with Gasteiger partial charge < -0.3 is 10.1 Å². The number of aromatic nitrogens is 3. The summed E-state index contributed by atoms with van der Waals surface area (Å²) in [4.78, 5) is 29.6. The van der Waals surface area contributed by atoms with Crippen LogP contribution in [-0.2, 0) is 13.1 Å². The average molecular weight is 380 g/mol. The number of carbonyl (C=O) groups is 1. The van der Waals surface area contributed by atoms with Crippen LogP contribution >= 0.6 is 0 Å². The van der Waals surface area contributed by atoms with Crippen LogP contribution in [0.1, 0.15) is 42.2 Å².